The van der Waals surface area contributed by atoms with Gasteiger partial charge in [0, 0.05) is 17.9 Å². The van der Waals surface area contributed by atoms with E-state index in [1.807, 2.05) is 11.8 Å². The third-order valence-electron chi connectivity index (χ3n) is 3.85. The van der Waals surface area contributed by atoms with Crippen LogP contribution in [0.25, 0.3) is 11.4 Å². The molecule has 1 unspecified atom stereocenters. The topological polar surface area (TPSA) is 76.3 Å². The summed E-state index contributed by atoms with van der Waals surface area (Å²) >= 11 is 0. The number of alkyl halides is 3. The summed E-state index contributed by atoms with van der Waals surface area (Å²) in [5.74, 6) is 0.448. The minimum atomic E-state index is -4.40. The fourth-order valence-corrected chi connectivity index (χ4v) is 3.63. The van der Waals surface area contributed by atoms with E-state index in [0.29, 0.717) is 12.1 Å². The molecule has 0 aliphatic rings. The van der Waals surface area contributed by atoms with E-state index in [9.17, 15) is 21.6 Å². The smallest absolute Gasteiger partial charge is 0.338 e. The Morgan fingerprint density at radius 1 is 1.23 bits per heavy atom. The van der Waals surface area contributed by atoms with Crippen molar-refractivity contribution >= 4 is 9.84 Å². The third-order valence-corrected chi connectivity index (χ3v) is 4.94. The van der Waals surface area contributed by atoms with E-state index in [-0.39, 0.29) is 30.1 Å². The summed E-state index contributed by atoms with van der Waals surface area (Å²) in [6.45, 7) is 4.50. The maximum absolute atomic E-state index is 12.6. The molecule has 1 atom stereocenters. The van der Waals surface area contributed by atoms with E-state index < -0.39 is 21.6 Å². The van der Waals surface area contributed by atoms with Crippen LogP contribution in [-0.2, 0) is 22.6 Å². The van der Waals surface area contributed by atoms with Crippen LogP contribution in [0.2, 0.25) is 0 Å². The van der Waals surface area contributed by atoms with E-state index >= 15 is 0 Å². The van der Waals surface area contributed by atoms with Crippen molar-refractivity contribution < 1.29 is 26.1 Å². The number of hydrogen-bond donors (Lipinski definition) is 0. The van der Waals surface area contributed by atoms with Crippen LogP contribution in [0, 0.1) is 0 Å². The van der Waals surface area contributed by atoms with Crippen LogP contribution in [0.15, 0.2) is 28.8 Å². The fraction of sp³-hybridized carbons (Fsp3) is 0.500. The predicted octanol–water partition coefficient (Wildman–Crippen LogP) is 3.01. The van der Waals surface area contributed by atoms with Crippen molar-refractivity contribution in [1.82, 2.24) is 15.0 Å². The number of nitrogens with zero attached hydrogens (tertiary/aromatic N) is 3. The summed E-state index contributed by atoms with van der Waals surface area (Å²) < 4.78 is 65.9. The second-order valence-electron chi connectivity index (χ2n) is 6.09. The Balaban J connectivity index is 2.11. The molecule has 0 fully saturated rings. The number of rotatable bonds is 7. The molecule has 0 aliphatic heterocycles. The van der Waals surface area contributed by atoms with Gasteiger partial charge in [0.25, 0.3) is 0 Å². The molecule has 6 nitrogen and oxygen atoms in total. The van der Waals surface area contributed by atoms with Crippen molar-refractivity contribution in [3.8, 4) is 11.4 Å². The summed E-state index contributed by atoms with van der Waals surface area (Å²) in [6.07, 6.45) is -3.23. The van der Waals surface area contributed by atoms with Gasteiger partial charge >= 0.3 is 6.18 Å². The van der Waals surface area contributed by atoms with Crippen molar-refractivity contribution in [2.45, 2.75) is 32.6 Å². The molecule has 2 aromatic rings. The van der Waals surface area contributed by atoms with Gasteiger partial charge in [0.2, 0.25) is 11.7 Å². The Morgan fingerprint density at radius 2 is 1.85 bits per heavy atom. The number of benzene rings is 1. The van der Waals surface area contributed by atoms with Gasteiger partial charge in [-0.3, -0.25) is 4.90 Å². The Morgan fingerprint density at radius 3 is 2.35 bits per heavy atom. The average molecular weight is 391 g/mol. The van der Waals surface area contributed by atoms with E-state index in [2.05, 4.69) is 10.1 Å². The lowest BCUT2D eigenvalue weighted by Gasteiger charge is -2.25. The second-order valence-corrected chi connectivity index (χ2v) is 8.28. The van der Waals surface area contributed by atoms with Crippen molar-refractivity contribution in [3.05, 3.63) is 35.7 Å². The molecule has 1 aromatic heterocycles. The minimum Gasteiger partial charge on any atom is -0.338 e. The number of aromatic nitrogens is 2. The fourth-order valence-electron chi connectivity index (χ4n) is 2.54. The molecule has 0 radical (unpaired) electrons. The van der Waals surface area contributed by atoms with Gasteiger partial charge < -0.3 is 4.52 Å². The van der Waals surface area contributed by atoms with E-state index in [0.717, 1.165) is 12.1 Å². The standard InChI is InChI=1S/C16H20F3N3O3S/c1-4-22(11(2)10-26(3,23)24)9-14-20-15(21-25-14)12-5-7-13(8-6-12)16(17,18)19/h5-8,11H,4,9-10H2,1-3H3. The van der Waals surface area contributed by atoms with Gasteiger partial charge in [-0.1, -0.05) is 24.2 Å². The summed E-state index contributed by atoms with van der Waals surface area (Å²) in [6, 6.07) is 4.23. The Hall–Kier alpha value is -1.94. The van der Waals surface area contributed by atoms with Crippen LogP contribution in [-0.4, -0.2) is 48.1 Å². The molecule has 1 heterocycles. The lowest BCUT2D eigenvalue weighted by Crippen LogP contribution is -2.37. The Bertz CT molecular complexity index is 832. The first-order chi connectivity index (χ1) is 12.0. The van der Waals surface area contributed by atoms with Crippen LogP contribution in [0.5, 0.6) is 0 Å². The van der Waals surface area contributed by atoms with Crippen molar-refractivity contribution in [3.63, 3.8) is 0 Å². The van der Waals surface area contributed by atoms with Gasteiger partial charge in [-0.2, -0.15) is 18.2 Å². The van der Waals surface area contributed by atoms with Gasteiger partial charge in [-0.05, 0) is 25.6 Å². The molecule has 0 saturated heterocycles. The largest absolute Gasteiger partial charge is 0.416 e. The van der Waals surface area contributed by atoms with Crippen LogP contribution < -0.4 is 0 Å². The molecule has 0 N–H and O–H groups in total. The van der Waals surface area contributed by atoms with E-state index in [1.165, 1.54) is 18.4 Å². The minimum absolute atomic E-state index is 0.000733. The first kappa shape index (κ1) is 20.4. The highest BCUT2D eigenvalue weighted by molar-refractivity contribution is 7.90. The van der Waals surface area contributed by atoms with Gasteiger partial charge in [-0.25, -0.2) is 8.42 Å². The van der Waals surface area contributed by atoms with Crippen LogP contribution in [0.1, 0.15) is 25.3 Å². The molecule has 26 heavy (non-hydrogen) atoms. The average Bonchev–Trinajstić information content (AvgIpc) is 2.98. The zero-order valence-electron chi connectivity index (χ0n) is 14.6. The van der Waals surface area contributed by atoms with Crippen molar-refractivity contribution in [2.75, 3.05) is 18.6 Å². The number of halogens is 3. The van der Waals surface area contributed by atoms with Crippen LogP contribution in [0.4, 0.5) is 13.2 Å². The Labute approximate surface area is 149 Å². The van der Waals surface area contributed by atoms with Gasteiger partial charge in [0.05, 0.1) is 17.9 Å². The summed E-state index contributed by atoms with van der Waals surface area (Å²) in [4.78, 5) is 6.05. The van der Waals surface area contributed by atoms with E-state index in [1.54, 1.807) is 6.92 Å². The molecule has 0 saturated carbocycles. The highest BCUT2D eigenvalue weighted by Gasteiger charge is 2.30. The quantitative estimate of drug-likeness (QED) is 0.722. The van der Waals surface area contributed by atoms with Gasteiger partial charge in [0.1, 0.15) is 9.84 Å². The highest BCUT2D eigenvalue weighted by Crippen LogP contribution is 2.30. The van der Waals surface area contributed by atoms with Crippen LogP contribution >= 0.6 is 0 Å². The Kier molecular flexibility index (Phi) is 6.07. The molecule has 10 heteroatoms. The molecular formula is C16H20F3N3O3S. The maximum Gasteiger partial charge on any atom is 0.416 e. The molecule has 1 aromatic carbocycles. The van der Waals surface area contributed by atoms with Gasteiger partial charge in [0.15, 0.2) is 0 Å². The molecular weight excluding hydrogens is 371 g/mol. The van der Waals surface area contributed by atoms with Crippen molar-refractivity contribution in [2.24, 2.45) is 0 Å². The van der Waals surface area contributed by atoms with Crippen LogP contribution in [0.3, 0.4) is 0 Å². The summed E-state index contributed by atoms with van der Waals surface area (Å²) in [5, 5.41) is 3.79. The van der Waals surface area contributed by atoms with E-state index in [4.69, 9.17) is 4.52 Å². The highest BCUT2D eigenvalue weighted by atomic mass is 32.2. The summed E-state index contributed by atoms with van der Waals surface area (Å²) in [7, 11) is -3.12. The number of hydrogen-bond acceptors (Lipinski definition) is 6. The summed E-state index contributed by atoms with van der Waals surface area (Å²) in [5.41, 5.74) is -0.350. The molecule has 144 valence electrons. The molecule has 0 spiro atoms. The maximum atomic E-state index is 12.6. The lowest BCUT2D eigenvalue weighted by atomic mass is 10.1. The predicted molar refractivity (Wildman–Crippen MR) is 90.0 cm³/mol. The zero-order chi connectivity index (χ0) is 19.5. The molecule has 0 amide bonds. The van der Waals surface area contributed by atoms with Gasteiger partial charge in [-0.15, -0.1) is 0 Å². The molecule has 0 aliphatic carbocycles. The molecule has 0 bridgehead atoms. The normalized spacial score (nSPS) is 14.0. The van der Waals surface area contributed by atoms with Crippen molar-refractivity contribution in [1.29, 1.82) is 0 Å². The zero-order valence-corrected chi connectivity index (χ0v) is 15.4. The first-order valence-electron chi connectivity index (χ1n) is 7.91. The monoisotopic (exact) mass is 391 g/mol. The number of sulfone groups is 1. The third kappa shape index (κ3) is 5.53. The SMILES string of the molecule is CCN(Cc1nc(-c2ccc(C(F)(F)F)cc2)no1)C(C)CS(C)(=O)=O. The lowest BCUT2D eigenvalue weighted by molar-refractivity contribution is -0.137. The molecule has 2 rings (SSSR count). The second kappa shape index (κ2) is 7.75. The first-order valence-corrected chi connectivity index (χ1v) is 9.97.